The maximum Gasteiger partial charge on any atom is 0.177 e. The highest BCUT2D eigenvalue weighted by atomic mass is 32.1. The van der Waals surface area contributed by atoms with Gasteiger partial charge in [-0.3, -0.25) is 0 Å². The predicted molar refractivity (Wildman–Crippen MR) is 68.4 cm³/mol. The highest BCUT2D eigenvalue weighted by Crippen LogP contribution is 2.06. The van der Waals surface area contributed by atoms with Gasteiger partial charge in [-0.15, -0.1) is 22.7 Å². The third-order valence-corrected chi connectivity index (χ3v) is 3.28. The first-order valence-electron chi connectivity index (χ1n) is 4.63. The highest BCUT2D eigenvalue weighted by molar-refractivity contribution is 7.10. The molecule has 2 aromatic heterocycles. The SMILES string of the molecule is OC(C#Cc1cccs1)C#Cc1cccs1. The number of aliphatic hydroxyl groups excluding tert-OH is 1. The van der Waals surface area contributed by atoms with Crippen molar-refractivity contribution in [2.45, 2.75) is 6.10 Å². The molecule has 0 radical (unpaired) electrons. The van der Waals surface area contributed by atoms with Crippen molar-refractivity contribution < 1.29 is 5.11 Å². The molecule has 0 saturated carbocycles. The van der Waals surface area contributed by atoms with Gasteiger partial charge in [-0.25, -0.2) is 0 Å². The van der Waals surface area contributed by atoms with Gasteiger partial charge in [0.2, 0.25) is 0 Å². The molecule has 0 aliphatic rings. The first kappa shape index (κ1) is 11.0. The van der Waals surface area contributed by atoms with E-state index in [9.17, 15) is 5.11 Å². The molecule has 0 amide bonds. The van der Waals surface area contributed by atoms with Crippen molar-refractivity contribution in [3.8, 4) is 23.7 Å². The fraction of sp³-hybridized carbons (Fsp3) is 0.0769. The molecule has 3 heteroatoms. The molecule has 0 atom stereocenters. The predicted octanol–water partition coefficient (Wildman–Crippen LogP) is 2.57. The fourth-order valence-electron chi connectivity index (χ4n) is 1.01. The lowest BCUT2D eigenvalue weighted by Crippen LogP contribution is -1.97. The van der Waals surface area contributed by atoms with E-state index in [4.69, 9.17) is 0 Å². The Kier molecular flexibility index (Phi) is 3.80. The molecule has 0 bridgehead atoms. The molecule has 0 saturated heterocycles. The van der Waals surface area contributed by atoms with Crippen LogP contribution in [0.5, 0.6) is 0 Å². The smallest absolute Gasteiger partial charge is 0.177 e. The molecular formula is C13H8OS2. The Morgan fingerprint density at radius 1 is 0.938 bits per heavy atom. The average molecular weight is 244 g/mol. The Morgan fingerprint density at radius 2 is 1.44 bits per heavy atom. The van der Waals surface area contributed by atoms with Crippen LogP contribution in [-0.2, 0) is 0 Å². The third kappa shape index (κ3) is 3.25. The number of rotatable bonds is 0. The van der Waals surface area contributed by atoms with E-state index in [0.29, 0.717) is 0 Å². The van der Waals surface area contributed by atoms with Gasteiger partial charge in [0.05, 0.1) is 9.75 Å². The number of hydrogen-bond acceptors (Lipinski definition) is 3. The minimum absolute atomic E-state index is 0.885. The summed E-state index contributed by atoms with van der Waals surface area (Å²) in [6.45, 7) is 0. The normalized spacial score (nSPS) is 9.12. The van der Waals surface area contributed by atoms with E-state index in [1.54, 1.807) is 22.7 Å². The van der Waals surface area contributed by atoms with Crippen molar-refractivity contribution in [2.75, 3.05) is 0 Å². The summed E-state index contributed by atoms with van der Waals surface area (Å²) >= 11 is 3.10. The highest BCUT2D eigenvalue weighted by Gasteiger charge is 1.92. The van der Waals surface area contributed by atoms with Crippen molar-refractivity contribution in [3.63, 3.8) is 0 Å². The van der Waals surface area contributed by atoms with Crippen LogP contribution in [0.25, 0.3) is 0 Å². The van der Waals surface area contributed by atoms with Crippen molar-refractivity contribution in [2.24, 2.45) is 0 Å². The topological polar surface area (TPSA) is 20.2 Å². The minimum atomic E-state index is -0.885. The number of thiophene rings is 2. The zero-order chi connectivity index (χ0) is 11.2. The first-order chi connectivity index (χ1) is 7.84. The van der Waals surface area contributed by atoms with Crippen LogP contribution in [0.4, 0.5) is 0 Å². The van der Waals surface area contributed by atoms with Crippen LogP contribution in [0, 0.1) is 23.7 Å². The van der Waals surface area contributed by atoms with Gasteiger partial charge in [0.25, 0.3) is 0 Å². The van der Waals surface area contributed by atoms with Gasteiger partial charge in [-0.2, -0.15) is 0 Å². The number of aliphatic hydroxyl groups is 1. The first-order valence-corrected chi connectivity index (χ1v) is 6.39. The molecule has 0 fully saturated rings. The van der Waals surface area contributed by atoms with Gasteiger partial charge in [-0.1, -0.05) is 35.8 Å². The molecule has 2 aromatic rings. The monoisotopic (exact) mass is 244 g/mol. The summed E-state index contributed by atoms with van der Waals surface area (Å²) in [7, 11) is 0. The molecule has 0 spiro atoms. The van der Waals surface area contributed by atoms with Gasteiger partial charge in [-0.05, 0) is 22.9 Å². The van der Waals surface area contributed by atoms with Crippen LogP contribution < -0.4 is 0 Å². The van der Waals surface area contributed by atoms with E-state index in [0.717, 1.165) is 9.75 Å². The summed E-state index contributed by atoms with van der Waals surface area (Å²) in [5.74, 6) is 11.1. The minimum Gasteiger partial charge on any atom is -0.369 e. The lowest BCUT2D eigenvalue weighted by atomic mass is 10.3. The van der Waals surface area contributed by atoms with Gasteiger partial charge < -0.3 is 5.11 Å². The third-order valence-electron chi connectivity index (χ3n) is 1.71. The van der Waals surface area contributed by atoms with Crippen molar-refractivity contribution >= 4 is 22.7 Å². The molecule has 78 valence electrons. The average Bonchev–Trinajstić information content (AvgIpc) is 2.96. The molecule has 0 aliphatic heterocycles. The van der Waals surface area contributed by atoms with Crippen LogP contribution >= 0.6 is 22.7 Å². The van der Waals surface area contributed by atoms with Gasteiger partial charge in [0, 0.05) is 0 Å². The molecule has 0 aliphatic carbocycles. The van der Waals surface area contributed by atoms with E-state index in [1.807, 2.05) is 35.0 Å². The van der Waals surface area contributed by atoms with Crippen molar-refractivity contribution in [1.82, 2.24) is 0 Å². The summed E-state index contributed by atoms with van der Waals surface area (Å²) in [6.07, 6.45) is -0.885. The molecule has 2 rings (SSSR count). The Hall–Kier alpha value is -1.52. The summed E-state index contributed by atoms with van der Waals surface area (Å²) < 4.78 is 0. The van der Waals surface area contributed by atoms with Crippen LogP contribution in [-0.4, -0.2) is 11.2 Å². The van der Waals surface area contributed by atoms with E-state index in [-0.39, 0.29) is 0 Å². The molecule has 0 unspecified atom stereocenters. The second kappa shape index (κ2) is 5.53. The summed E-state index contributed by atoms with van der Waals surface area (Å²) in [5.41, 5.74) is 0. The van der Waals surface area contributed by atoms with Crippen molar-refractivity contribution in [3.05, 3.63) is 44.8 Å². The maximum absolute atomic E-state index is 9.51. The summed E-state index contributed by atoms with van der Waals surface area (Å²) in [6, 6.07) is 7.69. The lowest BCUT2D eigenvalue weighted by Gasteiger charge is -1.87. The van der Waals surface area contributed by atoms with Crippen LogP contribution in [0.2, 0.25) is 0 Å². The van der Waals surface area contributed by atoms with Crippen LogP contribution in [0.15, 0.2) is 35.0 Å². The quantitative estimate of drug-likeness (QED) is 0.706. The van der Waals surface area contributed by atoms with E-state index in [1.165, 1.54) is 0 Å². The van der Waals surface area contributed by atoms with Gasteiger partial charge in [0.1, 0.15) is 0 Å². The van der Waals surface area contributed by atoms with E-state index < -0.39 is 6.10 Å². The van der Waals surface area contributed by atoms with E-state index in [2.05, 4.69) is 23.7 Å². The standard InChI is InChI=1S/C13H8OS2/c14-11(5-7-12-3-1-9-15-12)6-8-13-4-2-10-16-13/h1-4,9-11,14H. The Morgan fingerprint density at radius 3 is 1.81 bits per heavy atom. The largest absolute Gasteiger partial charge is 0.369 e. The zero-order valence-corrected chi connectivity index (χ0v) is 9.94. The van der Waals surface area contributed by atoms with Crippen LogP contribution in [0.1, 0.15) is 9.75 Å². The second-order valence-electron chi connectivity index (χ2n) is 2.90. The number of hydrogen-bond donors (Lipinski definition) is 1. The van der Waals surface area contributed by atoms with Gasteiger partial charge in [0.15, 0.2) is 6.10 Å². The summed E-state index contributed by atoms with van der Waals surface area (Å²) in [5, 5.41) is 13.4. The summed E-state index contributed by atoms with van der Waals surface area (Å²) in [4.78, 5) is 1.88. The molecule has 0 aromatic carbocycles. The van der Waals surface area contributed by atoms with Crippen LogP contribution in [0.3, 0.4) is 0 Å². The lowest BCUT2D eigenvalue weighted by molar-refractivity contribution is 0.289. The van der Waals surface area contributed by atoms with Crippen molar-refractivity contribution in [1.29, 1.82) is 0 Å². The molecule has 1 N–H and O–H groups in total. The fourth-order valence-corrected chi connectivity index (χ4v) is 2.17. The Balaban J connectivity index is 2.01. The van der Waals surface area contributed by atoms with E-state index >= 15 is 0 Å². The second-order valence-corrected chi connectivity index (χ2v) is 4.79. The maximum atomic E-state index is 9.51. The Bertz CT molecular complexity index is 492. The molecule has 16 heavy (non-hydrogen) atoms. The molecular weight excluding hydrogens is 236 g/mol. The van der Waals surface area contributed by atoms with Gasteiger partial charge >= 0.3 is 0 Å². The Labute approximate surface area is 102 Å². The molecule has 2 heterocycles. The molecule has 1 nitrogen and oxygen atoms in total. The zero-order valence-electron chi connectivity index (χ0n) is 8.31.